The number of rotatable bonds is 2. The summed E-state index contributed by atoms with van der Waals surface area (Å²) in [6.07, 6.45) is 0.116. The van der Waals surface area contributed by atoms with Gasteiger partial charge in [0.25, 0.3) is 0 Å². The van der Waals surface area contributed by atoms with Crippen LogP contribution in [0, 0.1) is 11.3 Å². The fourth-order valence-corrected chi connectivity index (χ4v) is 2.90. The maximum Gasteiger partial charge on any atom is 0.129 e. The summed E-state index contributed by atoms with van der Waals surface area (Å²) in [6.45, 7) is 0. The molecule has 6 heteroatoms. The number of nitrogens with zero attached hydrogens (tertiary/aromatic N) is 2. The molecule has 2 nitrogen and oxygen atoms in total. The highest BCUT2D eigenvalue weighted by molar-refractivity contribution is 6.41. The fourth-order valence-electron chi connectivity index (χ4n) is 1.71. The SMILES string of the molecule is N#CCc1nc(Cl)ccc1-c1c(Cl)cc(Cl)cc1Cl. The molecule has 0 saturated heterocycles. The van der Waals surface area contributed by atoms with E-state index in [9.17, 15) is 0 Å². The summed E-state index contributed by atoms with van der Waals surface area (Å²) in [5, 5.41) is 10.4. The predicted molar refractivity (Wildman–Crippen MR) is 79.0 cm³/mol. The van der Waals surface area contributed by atoms with Gasteiger partial charge >= 0.3 is 0 Å². The molecule has 0 aliphatic carbocycles. The van der Waals surface area contributed by atoms with Crippen LogP contribution in [-0.2, 0) is 6.42 Å². The molecule has 0 unspecified atom stereocenters. The summed E-state index contributed by atoms with van der Waals surface area (Å²) in [5.41, 5.74) is 1.81. The third-order valence-corrected chi connectivity index (χ3v) is 3.49. The molecule has 0 bridgehead atoms. The van der Waals surface area contributed by atoms with Crippen LogP contribution in [0.5, 0.6) is 0 Å². The molecule has 2 aromatic rings. The van der Waals surface area contributed by atoms with E-state index in [1.54, 1.807) is 24.3 Å². The zero-order chi connectivity index (χ0) is 14.0. The first-order valence-electron chi connectivity index (χ1n) is 5.20. The first kappa shape index (κ1) is 14.4. The highest BCUT2D eigenvalue weighted by Crippen LogP contribution is 2.38. The van der Waals surface area contributed by atoms with Crippen molar-refractivity contribution in [3.8, 4) is 17.2 Å². The number of pyridine rings is 1. The maximum absolute atomic E-state index is 8.84. The molecule has 19 heavy (non-hydrogen) atoms. The maximum atomic E-state index is 8.84. The van der Waals surface area contributed by atoms with Crippen molar-refractivity contribution in [2.24, 2.45) is 0 Å². The number of benzene rings is 1. The van der Waals surface area contributed by atoms with E-state index < -0.39 is 0 Å². The van der Waals surface area contributed by atoms with E-state index in [1.807, 2.05) is 6.07 Å². The molecule has 0 saturated carbocycles. The van der Waals surface area contributed by atoms with Crippen molar-refractivity contribution < 1.29 is 0 Å². The van der Waals surface area contributed by atoms with Gasteiger partial charge in [0, 0.05) is 16.1 Å². The van der Waals surface area contributed by atoms with Crippen LogP contribution in [0.4, 0.5) is 0 Å². The first-order chi connectivity index (χ1) is 9.02. The van der Waals surface area contributed by atoms with Gasteiger partial charge in [0.2, 0.25) is 0 Å². The zero-order valence-electron chi connectivity index (χ0n) is 9.42. The number of hydrogen-bond acceptors (Lipinski definition) is 2. The molecule has 2 rings (SSSR count). The molecule has 1 aromatic carbocycles. The summed E-state index contributed by atoms with van der Waals surface area (Å²) < 4.78 is 0. The van der Waals surface area contributed by atoms with Gasteiger partial charge in [-0.25, -0.2) is 4.98 Å². The minimum atomic E-state index is 0.116. The van der Waals surface area contributed by atoms with E-state index in [0.29, 0.717) is 37.0 Å². The van der Waals surface area contributed by atoms with E-state index in [2.05, 4.69) is 4.98 Å². The molecule has 0 aliphatic heterocycles. The Balaban J connectivity index is 2.69. The van der Waals surface area contributed by atoms with Crippen molar-refractivity contribution in [1.29, 1.82) is 5.26 Å². The van der Waals surface area contributed by atoms with Gasteiger partial charge in [-0.05, 0) is 24.3 Å². The van der Waals surface area contributed by atoms with Crippen LogP contribution in [0.1, 0.15) is 5.69 Å². The number of aromatic nitrogens is 1. The van der Waals surface area contributed by atoms with E-state index in [-0.39, 0.29) is 6.42 Å². The average molecular weight is 332 g/mol. The van der Waals surface area contributed by atoms with E-state index in [4.69, 9.17) is 51.7 Å². The number of nitriles is 1. The first-order valence-corrected chi connectivity index (χ1v) is 6.71. The lowest BCUT2D eigenvalue weighted by Crippen LogP contribution is -1.95. The van der Waals surface area contributed by atoms with Gasteiger partial charge in [-0.2, -0.15) is 5.26 Å². The second kappa shape index (κ2) is 5.98. The van der Waals surface area contributed by atoms with Crippen LogP contribution in [0.2, 0.25) is 20.2 Å². The van der Waals surface area contributed by atoms with Crippen LogP contribution in [-0.4, -0.2) is 4.98 Å². The molecular formula is C13H6Cl4N2. The highest BCUT2D eigenvalue weighted by Gasteiger charge is 2.15. The Morgan fingerprint density at radius 1 is 1.05 bits per heavy atom. The second-order valence-electron chi connectivity index (χ2n) is 3.71. The zero-order valence-corrected chi connectivity index (χ0v) is 12.4. The Morgan fingerprint density at radius 2 is 1.68 bits per heavy atom. The lowest BCUT2D eigenvalue weighted by molar-refractivity contribution is 1.12. The van der Waals surface area contributed by atoms with E-state index >= 15 is 0 Å². The predicted octanol–water partition coefficient (Wildman–Crippen LogP) is 5.43. The highest BCUT2D eigenvalue weighted by atomic mass is 35.5. The molecule has 1 heterocycles. The lowest BCUT2D eigenvalue weighted by Gasteiger charge is -2.11. The molecule has 0 radical (unpaired) electrons. The van der Waals surface area contributed by atoms with Crippen molar-refractivity contribution >= 4 is 46.4 Å². The summed E-state index contributed by atoms with van der Waals surface area (Å²) in [5.74, 6) is 0. The van der Waals surface area contributed by atoms with Crippen LogP contribution in [0.15, 0.2) is 24.3 Å². The molecule has 0 amide bonds. The van der Waals surface area contributed by atoms with Gasteiger partial charge in [-0.15, -0.1) is 0 Å². The normalized spacial score (nSPS) is 10.3. The Kier molecular flexibility index (Phi) is 4.54. The quantitative estimate of drug-likeness (QED) is 0.688. The molecule has 96 valence electrons. The van der Waals surface area contributed by atoms with Gasteiger partial charge in [-0.1, -0.05) is 46.4 Å². The number of halogens is 4. The Labute approximate surface area is 130 Å². The molecule has 0 fully saturated rings. The van der Waals surface area contributed by atoms with Crippen molar-refractivity contribution in [2.45, 2.75) is 6.42 Å². The third kappa shape index (κ3) is 3.13. The van der Waals surface area contributed by atoms with E-state index in [1.165, 1.54) is 0 Å². The molecule has 0 atom stereocenters. The Morgan fingerprint density at radius 3 is 2.26 bits per heavy atom. The van der Waals surface area contributed by atoms with Gasteiger partial charge in [-0.3, -0.25) is 0 Å². The van der Waals surface area contributed by atoms with E-state index in [0.717, 1.165) is 0 Å². The molecule has 0 aliphatic rings. The van der Waals surface area contributed by atoms with Gasteiger partial charge in [0.15, 0.2) is 0 Å². The van der Waals surface area contributed by atoms with Gasteiger partial charge in [0.05, 0.1) is 28.2 Å². The average Bonchev–Trinajstić information content (AvgIpc) is 2.31. The second-order valence-corrected chi connectivity index (χ2v) is 5.35. The molecular weight excluding hydrogens is 326 g/mol. The minimum absolute atomic E-state index is 0.116. The van der Waals surface area contributed by atoms with Crippen LogP contribution >= 0.6 is 46.4 Å². The summed E-state index contributed by atoms with van der Waals surface area (Å²) in [7, 11) is 0. The van der Waals surface area contributed by atoms with Gasteiger partial charge in [0.1, 0.15) is 5.15 Å². The van der Waals surface area contributed by atoms with Crippen molar-refractivity contribution in [2.75, 3.05) is 0 Å². The fraction of sp³-hybridized carbons (Fsp3) is 0.0769. The molecule has 0 N–H and O–H groups in total. The molecule has 1 aromatic heterocycles. The van der Waals surface area contributed by atoms with Crippen LogP contribution < -0.4 is 0 Å². The standard InChI is InChI=1S/C13H6Cl4N2/c14-7-5-9(15)13(10(16)6-7)8-1-2-12(17)19-11(8)3-4-18/h1-2,5-6H,3H2. The van der Waals surface area contributed by atoms with Crippen LogP contribution in [0.3, 0.4) is 0 Å². The minimum Gasteiger partial charge on any atom is -0.239 e. The topological polar surface area (TPSA) is 36.7 Å². The van der Waals surface area contributed by atoms with Crippen molar-refractivity contribution in [3.05, 3.63) is 50.2 Å². The summed E-state index contributed by atoms with van der Waals surface area (Å²) in [6, 6.07) is 8.59. The van der Waals surface area contributed by atoms with Crippen molar-refractivity contribution in [1.82, 2.24) is 4.98 Å². The van der Waals surface area contributed by atoms with Gasteiger partial charge < -0.3 is 0 Å². The van der Waals surface area contributed by atoms with Crippen LogP contribution in [0.25, 0.3) is 11.1 Å². The Bertz CT molecular complexity index is 654. The Hall–Kier alpha value is -0.980. The largest absolute Gasteiger partial charge is 0.239 e. The smallest absolute Gasteiger partial charge is 0.129 e. The monoisotopic (exact) mass is 330 g/mol. The number of hydrogen-bond donors (Lipinski definition) is 0. The third-order valence-electron chi connectivity index (χ3n) is 2.46. The molecule has 0 spiro atoms. The summed E-state index contributed by atoms with van der Waals surface area (Å²) in [4.78, 5) is 4.14. The summed E-state index contributed by atoms with van der Waals surface area (Å²) >= 11 is 24.1. The van der Waals surface area contributed by atoms with Crippen molar-refractivity contribution in [3.63, 3.8) is 0 Å². The lowest BCUT2D eigenvalue weighted by atomic mass is 10.0.